The second kappa shape index (κ2) is 50.0. The number of aliphatic hydroxyl groups is 1. The van der Waals surface area contributed by atoms with Crippen molar-refractivity contribution in [1.29, 1.82) is 0 Å². The molecule has 3 aliphatic heterocycles. The fourth-order valence-electron chi connectivity index (χ4n) is 16.1. The number of fused-ring (bicyclic) bond motifs is 3. The van der Waals surface area contributed by atoms with Gasteiger partial charge in [0.15, 0.2) is 17.5 Å². The second-order valence-electron chi connectivity index (χ2n) is 33.8. The number of nitrogens with two attached hydrogens (primary N) is 2. The van der Waals surface area contributed by atoms with Crippen LogP contribution in [0.15, 0.2) is 128 Å². The van der Waals surface area contributed by atoms with E-state index in [1.807, 2.05) is 0 Å². The number of aromatic nitrogens is 1. The molecule has 43 heteroatoms. The van der Waals surface area contributed by atoms with Crippen molar-refractivity contribution < 1.29 is 120 Å². The monoisotopic (exact) mass is 1900 g/mol. The van der Waals surface area contributed by atoms with Gasteiger partial charge in [-0.3, -0.25) is 81.5 Å². The number of thioether (sulfide) groups is 1. The predicted molar refractivity (Wildman–Crippen MR) is 483 cm³/mol. The van der Waals surface area contributed by atoms with Crippen LogP contribution in [-0.2, 0) is 118 Å². The number of phenolic OH excluding ortho intramolecular Hbond substituents is 1. The van der Waals surface area contributed by atoms with E-state index in [1.54, 1.807) is 98.0 Å². The van der Waals surface area contributed by atoms with Crippen molar-refractivity contribution in [3.63, 3.8) is 0 Å². The number of aromatic amines is 1. The Hall–Kier alpha value is -13.6. The lowest BCUT2D eigenvalue weighted by molar-refractivity contribution is -0.158. The first-order valence-electron chi connectivity index (χ1n) is 44.2. The minimum Gasteiger partial charge on any atom is -0.508 e. The number of aliphatic carboxylic acids is 2. The van der Waals surface area contributed by atoms with Gasteiger partial charge in [-0.2, -0.15) is 0 Å². The first kappa shape index (κ1) is 105. The average molecular weight is 1900 g/mol. The van der Waals surface area contributed by atoms with E-state index in [0.29, 0.717) is 63.5 Å². The van der Waals surface area contributed by atoms with Crippen LogP contribution >= 0.6 is 11.8 Å². The Labute approximate surface area is 780 Å². The highest BCUT2D eigenvalue weighted by molar-refractivity contribution is 8.00. The minimum atomic E-state index is -2.05. The molecule has 0 aliphatic carbocycles. The first-order valence-corrected chi connectivity index (χ1v) is 45.3. The number of nitrogens with zero attached hydrogens (tertiary/aromatic N) is 5. The van der Waals surface area contributed by atoms with Crippen LogP contribution in [-0.4, -0.2) is 307 Å². The molecule has 5 aromatic carbocycles. The summed E-state index contributed by atoms with van der Waals surface area (Å²) < 4.78 is 50.8. The van der Waals surface area contributed by atoms with E-state index in [9.17, 15) is 63.2 Å². The van der Waals surface area contributed by atoms with Crippen molar-refractivity contribution in [1.82, 2.24) is 77.3 Å². The third-order valence-corrected chi connectivity index (χ3v) is 24.6. The molecule has 135 heavy (non-hydrogen) atoms. The normalized spacial score (nSPS) is 24.0. The van der Waals surface area contributed by atoms with Crippen LogP contribution in [0.1, 0.15) is 106 Å². The molecular formula is C92H116F3N17O22S. The molecule has 0 bridgehead atoms. The number of carboxylic acids is 2. The number of phenols is 1. The SMILES string of the molecule is CCCC[C@H]1C(=O)N2CCOC[C@@H]2C(=O)N[C@@H](CC(=O)O)C(=O)N[C@@H](C(C)C)C(=O)N(C)[C@@H](Cc2ccccc2)C(=O)N[C@H](CCC(=O)O)C(=O)N2C[C@@H](O)C[C@@H]2C(=O)N[C@@H](Cc2c[nH]c3ccccc23)C(=O)N[C@@H](Cc2ccc(O)cc2)C(=O)N[C@@H](CCCN)C(=O)N[C@H](C(=O)NCC(N)=O)CSCC(=O)N[C@H](Cc2cc(F)c(F)c(F)c2)C(=O)N(C)[C@@H](Cc2ccccc2)C(=O)N1C. The first-order chi connectivity index (χ1) is 64.2. The Morgan fingerprint density at radius 3 is 1.73 bits per heavy atom. The number of carbonyl (C=O) groups is 17. The molecule has 4 heterocycles. The van der Waals surface area contributed by atoms with Gasteiger partial charge in [-0.25, -0.2) is 13.2 Å². The lowest BCUT2D eigenvalue weighted by Crippen LogP contribution is -2.64. The summed E-state index contributed by atoms with van der Waals surface area (Å²) in [7, 11) is 3.60. The fraction of sp³-hybridized carbons (Fsp3) is 0.467. The lowest BCUT2D eigenvalue weighted by atomic mass is 9.98. The van der Waals surface area contributed by atoms with Crippen LogP contribution in [0.25, 0.3) is 10.9 Å². The van der Waals surface area contributed by atoms with Crippen molar-refractivity contribution in [3.05, 3.63) is 173 Å². The highest BCUT2D eigenvalue weighted by Crippen LogP contribution is 2.28. The van der Waals surface area contributed by atoms with Gasteiger partial charge in [0.05, 0.1) is 38.0 Å². The number of para-hydroxylation sites is 1. The van der Waals surface area contributed by atoms with Gasteiger partial charge in [-0.15, -0.1) is 11.8 Å². The number of hydrogen-bond donors (Lipinski definition) is 16. The van der Waals surface area contributed by atoms with E-state index in [0.717, 1.165) is 24.5 Å². The number of likely N-dealkylation sites (N-methyl/N-ethyl adjacent to an activating group) is 3. The van der Waals surface area contributed by atoms with Crippen molar-refractivity contribution in [2.45, 2.75) is 195 Å². The molecule has 0 unspecified atom stereocenters. The Morgan fingerprint density at radius 1 is 0.548 bits per heavy atom. The van der Waals surface area contributed by atoms with Crippen LogP contribution in [0.4, 0.5) is 13.2 Å². The molecule has 18 N–H and O–H groups in total. The highest BCUT2D eigenvalue weighted by atomic mass is 32.2. The number of rotatable bonds is 25. The number of benzene rings is 5. The summed E-state index contributed by atoms with van der Waals surface area (Å²) in [5.74, 6) is -26.9. The number of carboxylic acid groups (broad SMARTS) is 2. The molecule has 39 nitrogen and oxygen atoms in total. The summed E-state index contributed by atoms with van der Waals surface area (Å²) in [5, 5.41) is 65.8. The summed E-state index contributed by atoms with van der Waals surface area (Å²) in [6, 6.07) is 6.89. The molecule has 0 saturated carbocycles. The number of primary amides is 1. The van der Waals surface area contributed by atoms with E-state index in [2.05, 4.69) is 52.8 Å². The number of amides is 15. The van der Waals surface area contributed by atoms with Crippen LogP contribution in [0.5, 0.6) is 5.75 Å². The van der Waals surface area contributed by atoms with Crippen molar-refractivity contribution in [3.8, 4) is 5.75 Å². The maximum absolute atomic E-state index is 15.7. The van der Waals surface area contributed by atoms with E-state index in [1.165, 1.54) is 59.3 Å². The van der Waals surface area contributed by atoms with Gasteiger partial charge in [0.25, 0.3) is 0 Å². The Kier molecular flexibility index (Phi) is 38.9. The number of H-pyrrole nitrogens is 1. The zero-order valence-corrected chi connectivity index (χ0v) is 76.2. The summed E-state index contributed by atoms with van der Waals surface area (Å²) in [6.45, 7) is 2.11. The zero-order valence-electron chi connectivity index (χ0n) is 75.4. The largest absolute Gasteiger partial charge is 0.508 e. The third-order valence-electron chi connectivity index (χ3n) is 23.6. The molecule has 728 valence electrons. The maximum atomic E-state index is 15.7. The number of nitrogens with one attached hydrogen (secondary N) is 10. The van der Waals surface area contributed by atoms with Gasteiger partial charge in [0.1, 0.15) is 84.3 Å². The molecule has 0 spiro atoms. The topological polar surface area (TPSA) is 573 Å². The smallest absolute Gasteiger partial charge is 0.305 e. The van der Waals surface area contributed by atoms with E-state index in [-0.39, 0.29) is 76.0 Å². The molecule has 0 radical (unpaired) electrons. The lowest BCUT2D eigenvalue weighted by Gasteiger charge is -2.40. The van der Waals surface area contributed by atoms with Crippen LogP contribution < -0.4 is 59.3 Å². The number of ether oxygens (including phenoxy) is 1. The van der Waals surface area contributed by atoms with Gasteiger partial charge >= 0.3 is 11.9 Å². The van der Waals surface area contributed by atoms with Crippen molar-refractivity contribution in [2.24, 2.45) is 17.4 Å². The van der Waals surface area contributed by atoms with E-state index >= 15 is 51.9 Å². The Morgan fingerprint density at radius 2 is 1.10 bits per heavy atom. The molecule has 6 aromatic rings. The number of morpholine rings is 1. The second-order valence-corrected chi connectivity index (χ2v) is 34.9. The van der Waals surface area contributed by atoms with Gasteiger partial charge < -0.3 is 114 Å². The molecule has 14 atom stereocenters. The van der Waals surface area contributed by atoms with Crippen molar-refractivity contribution >= 4 is 123 Å². The molecule has 9 rings (SSSR count). The number of carbonyl (C=O) groups excluding carboxylic acids is 15. The number of halogens is 3. The van der Waals surface area contributed by atoms with Gasteiger partial charge in [-0.05, 0) is 96.3 Å². The van der Waals surface area contributed by atoms with Gasteiger partial charge in [0.2, 0.25) is 88.6 Å². The molecule has 1 aromatic heterocycles. The van der Waals surface area contributed by atoms with Gasteiger partial charge in [0, 0.05) is 102 Å². The van der Waals surface area contributed by atoms with Crippen LogP contribution in [0.2, 0.25) is 0 Å². The third kappa shape index (κ3) is 29.5. The summed E-state index contributed by atoms with van der Waals surface area (Å²) in [5.41, 5.74) is 13.2. The Bertz CT molecular complexity index is 5240. The Balaban J connectivity index is 1.14. The summed E-state index contributed by atoms with van der Waals surface area (Å²) >= 11 is 0.633. The van der Waals surface area contributed by atoms with Crippen molar-refractivity contribution in [2.75, 3.05) is 72.0 Å². The van der Waals surface area contributed by atoms with Crippen LogP contribution in [0.3, 0.4) is 0 Å². The zero-order chi connectivity index (χ0) is 98.6. The number of hydrogen-bond acceptors (Lipinski definition) is 22. The fourth-order valence-corrected chi connectivity index (χ4v) is 17.0. The number of aliphatic hydroxyl groups excluding tert-OH is 1. The number of unbranched alkanes of at least 4 members (excludes halogenated alkanes) is 1. The standard InChI is InChI=1S/C92H116F3N17O22S/c1-7-8-25-69-91(132)111-33-34-134-47-73(111)87(128)105-66(43-77(119)120)84(125)107-79(50(2)3)92(133)109(5)70(39-51-18-11-9-12-19-51)85(126)102-63(30-31-76(117)118)89(130)112-46-57(114)42-71(112)86(127)104-65(41-55-44-98-61-23-16-15-22-58(55)61)83(124)103-64(37-53-26-28-56(113)29-27-53)82(123)101-62(24-17-32-96)81(122)106-68(80(121)99-45-74(97)115)48-135-49-75(116)100-67(38-54-35-59(93)78(95)60(94)36-54)88(129)110(6)72(90(131)108(69)4)40-52-20-13-10-14-21-52/h9-16,18-23,26-29,35-36,44,50,57,62-73,79,98,113-114H,7-8,17,24-25,30-34,37-43,45-49,96H2,1-6H3,(H2,97,115)(H,99,121)(H,100,116)(H,101,123)(H,102,126)(H,103,124)(H,104,127)(H,105,128)(H,106,122)(H,107,125)(H,117,118)(H,119,120)/t57-,62-,63+,64-,65-,66-,67+,68-,69-,70-,71+,72-,73+,79-/m0/s1. The van der Waals surface area contributed by atoms with Gasteiger partial charge in [-0.1, -0.05) is 125 Å². The van der Waals surface area contributed by atoms with Crippen LogP contribution in [0, 0.1) is 23.4 Å². The maximum Gasteiger partial charge on any atom is 0.305 e. The molecule has 3 aliphatic rings. The predicted octanol–water partition coefficient (Wildman–Crippen LogP) is -0.374. The van der Waals surface area contributed by atoms with E-state index < -0.39 is 278 Å². The molecule has 3 fully saturated rings. The van der Waals surface area contributed by atoms with E-state index in [4.69, 9.17) is 16.2 Å². The summed E-state index contributed by atoms with van der Waals surface area (Å²) in [6.07, 6.45) is -5.11. The summed E-state index contributed by atoms with van der Waals surface area (Å²) in [4.78, 5) is 258. The number of aromatic hydroxyl groups is 1. The quantitative estimate of drug-likeness (QED) is 0.0325. The molecule has 3 saturated heterocycles. The molecule has 15 amide bonds. The highest BCUT2D eigenvalue weighted by Gasteiger charge is 2.47. The molecular weight excluding hydrogens is 1780 g/mol. The average Bonchev–Trinajstić information content (AvgIpc) is 1.54. The minimum absolute atomic E-state index is 0.00435.